The van der Waals surface area contributed by atoms with Gasteiger partial charge in [0.15, 0.2) is 0 Å². The maximum absolute atomic E-state index is 12.6. The summed E-state index contributed by atoms with van der Waals surface area (Å²) in [5, 5.41) is 10.5. The van der Waals surface area contributed by atoms with Gasteiger partial charge in [0.05, 0.1) is 11.3 Å². The highest BCUT2D eigenvalue weighted by atomic mass is 16.7. The molecule has 1 unspecified atom stereocenters. The first-order chi connectivity index (χ1) is 10.6. The number of carbonyl (C=O) groups is 1. The van der Waals surface area contributed by atoms with Crippen LogP contribution in [0.25, 0.3) is 0 Å². The van der Waals surface area contributed by atoms with E-state index in [4.69, 9.17) is 9.47 Å². The number of benzene rings is 1. The van der Waals surface area contributed by atoms with Crippen LogP contribution in [0.15, 0.2) is 30.3 Å². The largest absolute Gasteiger partial charge is 0.443 e. The summed E-state index contributed by atoms with van der Waals surface area (Å²) in [5.74, 6) is 0. The topological polar surface area (TPSA) is 59.0 Å². The van der Waals surface area contributed by atoms with Gasteiger partial charge in [-0.3, -0.25) is 0 Å². The molecule has 5 heteroatoms. The van der Waals surface area contributed by atoms with Gasteiger partial charge in [0.2, 0.25) is 6.41 Å². The maximum Gasteiger partial charge on any atom is 0.418 e. The van der Waals surface area contributed by atoms with E-state index in [1.54, 1.807) is 24.3 Å². The molecule has 0 bridgehead atoms. The van der Waals surface area contributed by atoms with Crippen LogP contribution in [-0.2, 0) is 9.47 Å². The summed E-state index contributed by atoms with van der Waals surface area (Å²) in [6.45, 7) is 11.3. The fourth-order valence-corrected chi connectivity index (χ4v) is 1.69. The number of hydrogen-bond acceptors (Lipinski definition) is 4. The van der Waals surface area contributed by atoms with Crippen molar-refractivity contribution in [1.29, 1.82) is 0 Å². The van der Waals surface area contributed by atoms with Gasteiger partial charge in [-0.1, -0.05) is 32.0 Å². The normalized spacial score (nSPS) is 13.5. The lowest BCUT2D eigenvalue weighted by molar-refractivity contribution is -0.171. The SMILES string of the molecule is CCC(C)(C)OC(=O)N(c1ccccc1)C(O)OC(C)(C)CC. The lowest BCUT2D eigenvalue weighted by Crippen LogP contribution is -2.48. The van der Waals surface area contributed by atoms with E-state index in [1.807, 2.05) is 47.6 Å². The standard InChI is InChI=1S/C18H29NO4/c1-7-17(3,4)22-15(20)19(14-12-10-9-11-13-14)16(21)23-18(5,6)8-2/h9-13,15,20H,7-8H2,1-6H3. The van der Waals surface area contributed by atoms with Crippen LogP contribution in [0.5, 0.6) is 0 Å². The molecule has 1 aromatic rings. The van der Waals surface area contributed by atoms with Crippen LogP contribution in [0, 0.1) is 0 Å². The Hall–Kier alpha value is -1.59. The van der Waals surface area contributed by atoms with Gasteiger partial charge in [-0.05, 0) is 52.7 Å². The molecule has 1 rings (SSSR count). The minimum absolute atomic E-state index is 0.517. The van der Waals surface area contributed by atoms with Gasteiger partial charge in [0.25, 0.3) is 0 Å². The number of anilines is 1. The number of aliphatic hydroxyl groups is 1. The molecular formula is C18H29NO4. The second kappa shape index (κ2) is 7.79. The molecule has 0 spiro atoms. The third-order valence-electron chi connectivity index (χ3n) is 3.94. The Labute approximate surface area is 139 Å². The average molecular weight is 323 g/mol. The van der Waals surface area contributed by atoms with E-state index < -0.39 is 23.7 Å². The predicted molar refractivity (Wildman–Crippen MR) is 91.2 cm³/mol. The second-order valence-electron chi connectivity index (χ2n) is 6.74. The number of carbonyl (C=O) groups excluding carboxylic acids is 1. The monoisotopic (exact) mass is 323 g/mol. The van der Waals surface area contributed by atoms with E-state index in [-0.39, 0.29) is 0 Å². The molecule has 1 N–H and O–H groups in total. The molecule has 0 radical (unpaired) electrons. The highest BCUT2D eigenvalue weighted by molar-refractivity contribution is 5.87. The molecule has 0 saturated carbocycles. The summed E-state index contributed by atoms with van der Waals surface area (Å²) in [6, 6.07) is 8.88. The highest BCUT2D eigenvalue weighted by Crippen LogP contribution is 2.25. The maximum atomic E-state index is 12.6. The Bertz CT molecular complexity index is 499. The zero-order valence-corrected chi connectivity index (χ0v) is 15.0. The molecular weight excluding hydrogens is 294 g/mol. The van der Waals surface area contributed by atoms with E-state index in [0.29, 0.717) is 18.5 Å². The number of ether oxygens (including phenoxy) is 2. The van der Waals surface area contributed by atoms with E-state index in [2.05, 4.69) is 0 Å². The van der Waals surface area contributed by atoms with Crippen LogP contribution < -0.4 is 4.90 Å². The van der Waals surface area contributed by atoms with Crippen LogP contribution >= 0.6 is 0 Å². The van der Waals surface area contributed by atoms with Gasteiger partial charge in [-0.2, -0.15) is 0 Å². The van der Waals surface area contributed by atoms with Crippen molar-refractivity contribution in [3.63, 3.8) is 0 Å². The van der Waals surface area contributed by atoms with Gasteiger partial charge in [0, 0.05) is 0 Å². The van der Waals surface area contributed by atoms with Gasteiger partial charge in [-0.25, -0.2) is 9.69 Å². The third kappa shape index (κ3) is 5.84. The fraction of sp³-hybridized carbons (Fsp3) is 0.611. The van der Waals surface area contributed by atoms with Gasteiger partial charge >= 0.3 is 6.09 Å². The summed E-state index contributed by atoms with van der Waals surface area (Å²) in [7, 11) is 0. The summed E-state index contributed by atoms with van der Waals surface area (Å²) in [6.07, 6.45) is -0.698. The number of rotatable bonds is 7. The number of aliphatic hydroxyl groups excluding tert-OH is 1. The van der Waals surface area contributed by atoms with Crippen molar-refractivity contribution >= 4 is 11.8 Å². The lowest BCUT2D eigenvalue weighted by Gasteiger charge is -2.35. The number of amides is 1. The summed E-state index contributed by atoms with van der Waals surface area (Å²) in [4.78, 5) is 13.7. The van der Waals surface area contributed by atoms with Crippen molar-refractivity contribution in [1.82, 2.24) is 0 Å². The lowest BCUT2D eigenvalue weighted by atomic mass is 10.1. The third-order valence-corrected chi connectivity index (χ3v) is 3.94. The van der Waals surface area contributed by atoms with Gasteiger partial charge < -0.3 is 14.6 Å². The minimum Gasteiger partial charge on any atom is -0.443 e. The summed E-state index contributed by atoms with van der Waals surface area (Å²) in [5.41, 5.74) is -0.666. The molecule has 1 atom stereocenters. The molecule has 0 heterocycles. The summed E-state index contributed by atoms with van der Waals surface area (Å²) < 4.78 is 11.2. The van der Waals surface area contributed by atoms with Crippen molar-refractivity contribution in [2.45, 2.75) is 72.0 Å². The van der Waals surface area contributed by atoms with Crippen LogP contribution in [0.4, 0.5) is 10.5 Å². The van der Waals surface area contributed by atoms with Gasteiger partial charge in [-0.15, -0.1) is 0 Å². The van der Waals surface area contributed by atoms with Crippen molar-refractivity contribution in [2.75, 3.05) is 4.90 Å². The second-order valence-corrected chi connectivity index (χ2v) is 6.74. The average Bonchev–Trinajstić information content (AvgIpc) is 2.47. The Kier molecular flexibility index (Phi) is 6.59. The van der Waals surface area contributed by atoms with Crippen LogP contribution in [0.1, 0.15) is 54.4 Å². The molecule has 1 amide bonds. The van der Waals surface area contributed by atoms with E-state index >= 15 is 0 Å². The van der Waals surface area contributed by atoms with Crippen LogP contribution in [-0.4, -0.2) is 28.8 Å². The van der Waals surface area contributed by atoms with Crippen LogP contribution in [0.2, 0.25) is 0 Å². The van der Waals surface area contributed by atoms with Crippen molar-refractivity contribution < 1.29 is 19.4 Å². The zero-order chi connectivity index (χ0) is 17.7. The molecule has 0 aliphatic heterocycles. The smallest absolute Gasteiger partial charge is 0.418 e. The molecule has 1 aromatic carbocycles. The number of para-hydroxylation sites is 1. The molecule has 0 aromatic heterocycles. The number of nitrogens with zero attached hydrogens (tertiary/aromatic N) is 1. The molecule has 5 nitrogen and oxygen atoms in total. The van der Waals surface area contributed by atoms with Crippen molar-refractivity contribution in [2.24, 2.45) is 0 Å². The highest BCUT2D eigenvalue weighted by Gasteiger charge is 2.33. The summed E-state index contributed by atoms with van der Waals surface area (Å²) >= 11 is 0. The minimum atomic E-state index is -1.42. The van der Waals surface area contributed by atoms with Crippen molar-refractivity contribution in [3.8, 4) is 0 Å². The molecule has 130 valence electrons. The first-order valence-electron chi connectivity index (χ1n) is 8.05. The molecule has 0 fully saturated rings. The molecule has 0 saturated heterocycles. The zero-order valence-electron chi connectivity index (χ0n) is 15.0. The van der Waals surface area contributed by atoms with Gasteiger partial charge in [0.1, 0.15) is 5.60 Å². The molecule has 0 aliphatic carbocycles. The molecule has 23 heavy (non-hydrogen) atoms. The first-order valence-corrected chi connectivity index (χ1v) is 8.05. The van der Waals surface area contributed by atoms with E-state index in [0.717, 1.165) is 4.90 Å². The molecule has 0 aliphatic rings. The van der Waals surface area contributed by atoms with Crippen LogP contribution in [0.3, 0.4) is 0 Å². The Morgan fingerprint density at radius 3 is 2.09 bits per heavy atom. The number of hydrogen-bond donors (Lipinski definition) is 1. The Morgan fingerprint density at radius 1 is 1.09 bits per heavy atom. The Morgan fingerprint density at radius 2 is 1.61 bits per heavy atom. The Balaban J connectivity index is 3.06. The quantitative estimate of drug-likeness (QED) is 0.760. The fourth-order valence-electron chi connectivity index (χ4n) is 1.69. The van der Waals surface area contributed by atoms with Crippen molar-refractivity contribution in [3.05, 3.63) is 30.3 Å². The van der Waals surface area contributed by atoms with E-state index in [1.165, 1.54) is 0 Å². The predicted octanol–water partition coefficient (Wildman–Crippen LogP) is 4.30. The first kappa shape index (κ1) is 19.5. The van der Waals surface area contributed by atoms with E-state index in [9.17, 15) is 9.90 Å².